The summed E-state index contributed by atoms with van der Waals surface area (Å²) in [5, 5.41) is 99.8. The minimum absolute atomic E-state index is 0.0612. The number of phenols is 7. The Bertz CT molecular complexity index is 1790. The Morgan fingerprint density at radius 2 is 1.45 bits per heavy atom. The maximum atomic E-state index is 13.5. The second-order valence-corrected chi connectivity index (χ2v) is 9.73. The highest BCUT2D eigenvalue weighted by molar-refractivity contribution is 5.91. The number of aliphatic hydroxyl groups excluding tert-OH is 3. The van der Waals surface area contributed by atoms with Crippen LogP contribution in [0.4, 0.5) is 0 Å². The van der Waals surface area contributed by atoms with Gasteiger partial charge in [0.2, 0.25) is 17.5 Å². The molecule has 0 saturated carbocycles. The highest BCUT2D eigenvalue weighted by Crippen LogP contribution is 2.40. The molecular formula is C28H24O16. The summed E-state index contributed by atoms with van der Waals surface area (Å²) in [6.07, 6.45) is -9.43. The third kappa shape index (κ3) is 5.40. The Morgan fingerprint density at radius 1 is 0.773 bits per heavy atom. The number of aromatic hydroxyl groups is 7. The molecule has 0 unspecified atom stereocenters. The van der Waals surface area contributed by atoms with Gasteiger partial charge in [-0.3, -0.25) is 4.79 Å². The van der Waals surface area contributed by atoms with Crippen LogP contribution in [0.1, 0.15) is 10.4 Å². The Labute approximate surface area is 244 Å². The van der Waals surface area contributed by atoms with E-state index in [0.29, 0.717) is 0 Å². The summed E-state index contributed by atoms with van der Waals surface area (Å²) in [5.41, 5.74) is -1.84. The number of carbonyl (C=O) groups is 1. The van der Waals surface area contributed by atoms with Crippen molar-refractivity contribution in [3.8, 4) is 57.3 Å². The lowest BCUT2D eigenvalue weighted by Crippen LogP contribution is -2.60. The molecule has 0 bridgehead atoms. The average molecular weight is 616 g/mol. The number of hydrogen-bond acceptors (Lipinski definition) is 16. The summed E-state index contributed by atoms with van der Waals surface area (Å²) in [7, 11) is 0. The number of aliphatic hydroxyl groups is 3. The number of fused-ring (bicyclic) bond motifs is 1. The minimum Gasteiger partial charge on any atom is -0.508 e. The van der Waals surface area contributed by atoms with Crippen molar-refractivity contribution >= 4 is 16.9 Å². The van der Waals surface area contributed by atoms with Gasteiger partial charge in [-0.25, -0.2) is 4.79 Å². The zero-order chi connectivity index (χ0) is 32.0. The van der Waals surface area contributed by atoms with Crippen molar-refractivity contribution in [2.75, 3.05) is 6.61 Å². The molecule has 1 saturated heterocycles. The SMILES string of the molecule is O=C(OC[C@H]1O[C@H](Oc2c(-c3ccc(O)c(O)c3)oc3cc(O)cc(O)c3c2=O)[C@H](O)[C@H](O)[C@@H]1O)c1cc(O)c(O)c(O)c1. The van der Waals surface area contributed by atoms with E-state index in [9.17, 15) is 60.7 Å². The molecular weight excluding hydrogens is 592 g/mol. The molecule has 16 nitrogen and oxygen atoms in total. The number of hydrogen-bond donors (Lipinski definition) is 10. The van der Waals surface area contributed by atoms with Crippen molar-refractivity contribution in [1.29, 1.82) is 0 Å². The molecule has 0 aliphatic carbocycles. The number of phenolic OH excluding ortho intramolecular Hbond substituents is 7. The van der Waals surface area contributed by atoms with Crippen molar-refractivity contribution in [3.63, 3.8) is 0 Å². The van der Waals surface area contributed by atoms with E-state index in [1.54, 1.807) is 0 Å². The Kier molecular flexibility index (Phi) is 7.75. The molecule has 0 spiro atoms. The molecule has 232 valence electrons. The van der Waals surface area contributed by atoms with Crippen molar-refractivity contribution in [2.24, 2.45) is 0 Å². The van der Waals surface area contributed by atoms with E-state index in [-0.39, 0.29) is 11.1 Å². The maximum absolute atomic E-state index is 13.5. The van der Waals surface area contributed by atoms with E-state index in [0.717, 1.165) is 36.4 Å². The van der Waals surface area contributed by atoms with Crippen LogP contribution in [0.25, 0.3) is 22.3 Å². The molecule has 0 amide bonds. The van der Waals surface area contributed by atoms with Gasteiger partial charge < -0.3 is 69.7 Å². The predicted molar refractivity (Wildman–Crippen MR) is 144 cm³/mol. The van der Waals surface area contributed by atoms with Crippen LogP contribution in [-0.4, -0.2) is 94.3 Å². The van der Waals surface area contributed by atoms with Crippen LogP contribution in [0.2, 0.25) is 0 Å². The van der Waals surface area contributed by atoms with Gasteiger partial charge in [0.1, 0.15) is 53.5 Å². The van der Waals surface area contributed by atoms with Crippen molar-refractivity contribution in [1.82, 2.24) is 0 Å². The lowest BCUT2D eigenvalue weighted by Gasteiger charge is -2.39. The highest BCUT2D eigenvalue weighted by atomic mass is 16.7. The fourth-order valence-corrected chi connectivity index (χ4v) is 4.46. The normalized spacial score (nSPS) is 21.7. The lowest BCUT2D eigenvalue weighted by molar-refractivity contribution is -0.277. The van der Waals surface area contributed by atoms with E-state index < -0.39 is 111 Å². The van der Waals surface area contributed by atoms with Crippen LogP contribution in [0.5, 0.6) is 46.0 Å². The van der Waals surface area contributed by atoms with E-state index in [1.165, 1.54) is 6.07 Å². The number of ether oxygens (including phenoxy) is 3. The summed E-state index contributed by atoms with van der Waals surface area (Å²) < 4.78 is 21.9. The third-order valence-corrected chi connectivity index (χ3v) is 6.74. The second kappa shape index (κ2) is 11.3. The lowest BCUT2D eigenvalue weighted by atomic mass is 9.99. The molecule has 1 aromatic heterocycles. The fourth-order valence-electron chi connectivity index (χ4n) is 4.46. The molecule has 44 heavy (non-hydrogen) atoms. The maximum Gasteiger partial charge on any atom is 0.338 e. The smallest absolute Gasteiger partial charge is 0.338 e. The summed E-state index contributed by atoms with van der Waals surface area (Å²) >= 11 is 0. The van der Waals surface area contributed by atoms with Gasteiger partial charge >= 0.3 is 5.97 Å². The van der Waals surface area contributed by atoms with Crippen LogP contribution in [0, 0.1) is 0 Å². The molecule has 16 heteroatoms. The molecule has 0 radical (unpaired) electrons. The monoisotopic (exact) mass is 616 g/mol. The number of rotatable bonds is 6. The van der Waals surface area contributed by atoms with Crippen molar-refractivity contribution in [2.45, 2.75) is 30.7 Å². The van der Waals surface area contributed by atoms with Gasteiger partial charge in [0.25, 0.3) is 0 Å². The summed E-state index contributed by atoms with van der Waals surface area (Å²) in [6, 6.07) is 6.70. The number of carbonyl (C=O) groups excluding carboxylic acids is 1. The first kappa shape index (κ1) is 30.1. The van der Waals surface area contributed by atoms with Crippen LogP contribution in [0.3, 0.4) is 0 Å². The van der Waals surface area contributed by atoms with Crippen LogP contribution < -0.4 is 10.2 Å². The zero-order valence-electron chi connectivity index (χ0n) is 22.1. The van der Waals surface area contributed by atoms with Gasteiger partial charge in [-0.2, -0.15) is 0 Å². The fraction of sp³-hybridized carbons (Fsp3) is 0.214. The van der Waals surface area contributed by atoms with Crippen molar-refractivity contribution < 1.29 is 74.5 Å². The third-order valence-electron chi connectivity index (χ3n) is 6.74. The molecule has 2 heterocycles. The van der Waals surface area contributed by atoms with Gasteiger partial charge in [0.05, 0.1) is 5.56 Å². The molecule has 3 aromatic carbocycles. The molecule has 5 rings (SSSR count). The first-order chi connectivity index (χ1) is 20.8. The first-order valence-electron chi connectivity index (χ1n) is 12.6. The predicted octanol–water partition coefficient (Wildman–Crippen LogP) is 0.443. The Balaban J connectivity index is 1.48. The van der Waals surface area contributed by atoms with Gasteiger partial charge in [0, 0.05) is 17.7 Å². The summed E-state index contributed by atoms with van der Waals surface area (Å²) in [4.78, 5) is 26.0. The molecule has 10 N–H and O–H groups in total. The van der Waals surface area contributed by atoms with E-state index >= 15 is 0 Å². The van der Waals surface area contributed by atoms with Crippen LogP contribution >= 0.6 is 0 Å². The molecule has 1 aliphatic heterocycles. The van der Waals surface area contributed by atoms with Gasteiger partial charge in [-0.1, -0.05) is 0 Å². The van der Waals surface area contributed by atoms with E-state index in [1.807, 2.05) is 0 Å². The quantitative estimate of drug-likeness (QED) is 0.104. The summed E-state index contributed by atoms with van der Waals surface area (Å²) in [6.45, 7) is -0.795. The zero-order valence-corrected chi connectivity index (χ0v) is 22.1. The van der Waals surface area contributed by atoms with Gasteiger partial charge in [-0.15, -0.1) is 0 Å². The molecule has 1 aliphatic rings. The van der Waals surface area contributed by atoms with Crippen molar-refractivity contribution in [3.05, 3.63) is 58.3 Å². The number of esters is 1. The Hall–Kier alpha value is -5.42. The van der Waals surface area contributed by atoms with Gasteiger partial charge in [0.15, 0.2) is 34.5 Å². The molecule has 1 fully saturated rings. The first-order valence-corrected chi connectivity index (χ1v) is 12.6. The molecule has 4 aromatic rings. The highest BCUT2D eigenvalue weighted by Gasteiger charge is 2.46. The van der Waals surface area contributed by atoms with Crippen LogP contribution in [-0.2, 0) is 9.47 Å². The molecule has 5 atom stereocenters. The van der Waals surface area contributed by atoms with Crippen LogP contribution in [0.15, 0.2) is 51.7 Å². The standard InChI is InChI=1S/C28H24O16/c29-11-6-14(32)19-17(7-11)42-25(9-1-2-12(30)13(31)3-9)26(22(19)37)44-28-24(39)23(38)21(36)18(43-28)8-41-27(40)10-4-15(33)20(35)16(34)5-10/h1-7,18,21,23-24,28-36,38-39H,8H2/t18-,21-,23-,24-,28-/m1/s1. The van der Waals surface area contributed by atoms with Gasteiger partial charge in [-0.05, 0) is 30.3 Å². The Morgan fingerprint density at radius 3 is 2.11 bits per heavy atom. The number of benzene rings is 3. The average Bonchev–Trinajstić information content (AvgIpc) is 2.97. The van der Waals surface area contributed by atoms with E-state index in [4.69, 9.17) is 18.6 Å². The largest absolute Gasteiger partial charge is 0.508 e. The minimum atomic E-state index is -2.02. The second-order valence-electron chi connectivity index (χ2n) is 9.73. The summed E-state index contributed by atoms with van der Waals surface area (Å²) in [5.74, 6) is -7.19. The van der Waals surface area contributed by atoms with E-state index in [2.05, 4.69) is 0 Å². The topological polar surface area (TPSA) is 277 Å².